The Hall–Kier alpha value is -3.26. The molecule has 6 nitrogen and oxygen atoms in total. The molecule has 158 valence electrons. The molecule has 31 heavy (non-hydrogen) atoms. The first kappa shape index (κ1) is 19.7. The van der Waals surface area contributed by atoms with Crippen molar-refractivity contribution in [3.05, 3.63) is 65.0 Å². The Morgan fingerprint density at radius 2 is 2.10 bits per heavy atom. The topological polar surface area (TPSA) is 71.1 Å². The Morgan fingerprint density at radius 3 is 2.94 bits per heavy atom. The Bertz CT molecular complexity index is 1250. The summed E-state index contributed by atoms with van der Waals surface area (Å²) in [6, 6.07) is 14.2. The van der Waals surface area contributed by atoms with E-state index in [1.54, 1.807) is 25.3 Å². The molecule has 5 rings (SSSR count). The third-order valence-corrected chi connectivity index (χ3v) is 6.78. The molecule has 1 fully saturated rings. The number of nitrogens with one attached hydrogen (secondary N) is 1. The van der Waals surface area contributed by atoms with Crippen molar-refractivity contribution >= 4 is 28.1 Å². The van der Waals surface area contributed by atoms with Gasteiger partial charge in [0.25, 0.3) is 5.91 Å². The SMILES string of the molecule is COc1ccc2cc(C(=O)N3CCCC(c4nnc(-c5ccccc5F)s4)C3)[nH]c2c1. The van der Waals surface area contributed by atoms with E-state index in [4.69, 9.17) is 4.74 Å². The summed E-state index contributed by atoms with van der Waals surface area (Å²) in [5.41, 5.74) is 1.90. The fourth-order valence-electron chi connectivity index (χ4n) is 4.02. The zero-order valence-electron chi connectivity index (χ0n) is 17.0. The molecule has 0 radical (unpaired) electrons. The van der Waals surface area contributed by atoms with E-state index in [0.29, 0.717) is 29.4 Å². The third kappa shape index (κ3) is 3.79. The molecule has 0 spiro atoms. The number of likely N-dealkylation sites (tertiary alicyclic amines) is 1. The molecule has 0 aliphatic carbocycles. The molecule has 1 N–H and O–H groups in total. The van der Waals surface area contributed by atoms with Crippen molar-refractivity contribution in [1.82, 2.24) is 20.1 Å². The number of aromatic amines is 1. The molecule has 1 aliphatic heterocycles. The molecule has 2 aromatic carbocycles. The summed E-state index contributed by atoms with van der Waals surface area (Å²) in [5.74, 6) is 0.508. The van der Waals surface area contributed by atoms with Crippen LogP contribution in [0, 0.1) is 5.82 Å². The van der Waals surface area contributed by atoms with Crippen LogP contribution in [-0.2, 0) is 0 Å². The number of fused-ring (bicyclic) bond motifs is 1. The zero-order chi connectivity index (χ0) is 21.4. The molecule has 4 aromatic rings. The smallest absolute Gasteiger partial charge is 0.270 e. The van der Waals surface area contributed by atoms with Gasteiger partial charge in [0.05, 0.1) is 7.11 Å². The van der Waals surface area contributed by atoms with Gasteiger partial charge >= 0.3 is 0 Å². The number of carbonyl (C=O) groups excluding carboxylic acids is 1. The summed E-state index contributed by atoms with van der Waals surface area (Å²) < 4.78 is 19.4. The first-order valence-electron chi connectivity index (χ1n) is 10.2. The number of H-pyrrole nitrogens is 1. The second-order valence-corrected chi connectivity index (χ2v) is 8.66. The molecule has 1 saturated heterocycles. The van der Waals surface area contributed by atoms with Crippen molar-refractivity contribution in [3.63, 3.8) is 0 Å². The average Bonchev–Trinajstić information content (AvgIpc) is 3.46. The van der Waals surface area contributed by atoms with Crippen LogP contribution in [0.15, 0.2) is 48.5 Å². The first-order valence-corrected chi connectivity index (χ1v) is 11.0. The van der Waals surface area contributed by atoms with Crippen LogP contribution in [0.2, 0.25) is 0 Å². The fraction of sp³-hybridized carbons (Fsp3) is 0.261. The second kappa shape index (κ2) is 8.11. The molecule has 1 unspecified atom stereocenters. The summed E-state index contributed by atoms with van der Waals surface area (Å²) in [6.07, 6.45) is 1.82. The Kier molecular flexibility index (Phi) is 5.15. The summed E-state index contributed by atoms with van der Waals surface area (Å²) in [4.78, 5) is 18.2. The molecule has 1 amide bonds. The van der Waals surface area contributed by atoms with Gasteiger partial charge in [-0.1, -0.05) is 23.5 Å². The maximum Gasteiger partial charge on any atom is 0.270 e. The van der Waals surface area contributed by atoms with Gasteiger partial charge in [-0.05, 0) is 43.2 Å². The predicted molar refractivity (Wildman–Crippen MR) is 118 cm³/mol. The van der Waals surface area contributed by atoms with Gasteiger partial charge in [-0.2, -0.15) is 0 Å². The van der Waals surface area contributed by atoms with Crippen LogP contribution < -0.4 is 4.74 Å². The lowest BCUT2D eigenvalue weighted by Crippen LogP contribution is -2.39. The zero-order valence-corrected chi connectivity index (χ0v) is 17.8. The van der Waals surface area contributed by atoms with E-state index < -0.39 is 0 Å². The highest BCUT2D eigenvalue weighted by atomic mass is 32.1. The molecule has 2 aromatic heterocycles. The van der Waals surface area contributed by atoms with Crippen LogP contribution in [0.5, 0.6) is 5.75 Å². The van der Waals surface area contributed by atoms with E-state index in [1.165, 1.54) is 17.4 Å². The lowest BCUT2D eigenvalue weighted by atomic mass is 9.98. The van der Waals surface area contributed by atoms with Crippen molar-refractivity contribution in [2.24, 2.45) is 0 Å². The maximum atomic E-state index is 14.1. The van der Waals surface area contributed by atoms with Gasteiger partial charge in [0, 0.05) is 41.5 Å². The molecule has 0 saturated carbocycles. The number of carbonyl (C=O) groups is 1. The van der Waals surface area contributed by atoms with Crippen LogP contribution in [-0.4, -0.2) is 46.2 Å². The molecular weight excluding hydrogens is 415 g/mol. The number of piperidine rings is 1. The van der Waals surface area contributed by atoms with Crippen LogP contribution in [0.4, 0.5) is 4.39 Å². The monoisotopic (exact) mass is 436 g/mol. The van der Waals surface area contributed by atoms with Gasteiger partial charge in [-0.25, -0.2) is 4.39 Å². The number of hydrogen-bond donors (Lipinski definition) is 1. The molecule has 1 atom stereocenters. The lowest BCUT2D eigenvalue weighted by molar-refractivity contribution is 0.0702. The maximum absolute atomic E-state index is 14.1. The van der Waals surface area contributed by atoms with Gasteiger partial charge in [-0.15, -0.1) is 10.2 Å². The number of methoxy groups -OCH3 is 1. The van der Waals surface area contributed by atoms with Gasteiger partial charge in [0.2, 0.25) is 0 Å². The summed E-state index contributed by atoms with van der Waals surface area (Å²) >= 11 is 1.40. The minimum Gasteiger partial charge on any atom is -0.497 e. The van der Waals surface area contributed by atoms with Crippen molar-refractivity contribution < 1.29 is 13.9 Å². The predicted octanol–water partition coefficient (Wildman–Crippen LogP) is 4.85. The highest BCUT2D eigenvalue weighted by molar-refractivity contribution is 7.14. The lowest BCUT2D eigenvalue weighted by Gasteiger charge is -2.31. The number of benzene rings is 2. The largest absolute Gasteiger partial charge is 0.497 e. The highest BCUT2D eigenvalue weighted by Gasteiger charge is 2.29. The van der Waals surface area contributed by atoms with E-state index in [9.17, 15) is 9.18 Å². The van der Waals surface area contributed by atoms with Crippen LogP contribution in [0.3, 0.4) is 0 Å². The normalized spacial score (nSPS) is 16.6. The van der Waals surface area contributed by atoms with Gasteiger partial charge < -0.3 is 14.6 Å². The quantitative estimate of drug-likeness (QED) is 0.496. The number of nitrogens with zero attached hydrogens (tertiary/aromatic N) is 3. The molecule has 8 heteroatoms. The van der Waals surface area contributed by atoms with Crippen LogP contribution >= 0.6 is 11.3 Å². The number of hydrogen-bond acceptors (Lipinski definition) is 5. The Balaban J connectivity index is 1.35. The molecular formula is C23H21FN4O2S. The molecule has 0 bridgehead atoms. The van der Waals surface area contributed by atoms with E-state index >= 15 is 0 Å². The number of rotatable bonds is 4. The number of ether oxygens (including phenoxy) is 1. The number of halogens is 1. The molecule has 3 heterocycles. The van der Waals surface area contributed by atoms with Crippen LogP contribution in [0.25, 0.3) is 21.5 Å². The Morgan fingerprint density at radius 1 is 1.23 bits per heavy atom. The summed E-state index contributed by atoms with van der Waals surface area (Å²) in [6.45, 7) is 1.27. The van der Waals surface area contributed by atoms with Crippen molar-refractivity contribution in [3.8, 4) is 16.3 Å². The van der Waals surface area contributed by atoms with Crippen molar-refractivity contribution in [1.29, 1.82) is 0 Å². The van der Waals surface area contributed by atoms with Gasteiger partial charge in [0.15, 0.2) is 5.01 Å². The summed E-state index contributed by atoms with van der Waals surface area (Å²) in [7, 11) is 1.62. The first-order chi connectivity index (χ1) is 15.1. The number of amides is 1. The van der Waals surface area contributed by atoms with Crippen molar-refractivity contribution in [2.45, 2.75) is 18.8 Å². The molecule has 1 aliphatic rings. The highest BCUT2D eigenvalue weighted by Crippen LogP contribution is 2.34. The van der Waals surface area contributed by atoms with Gasteiger partial charge in [0.1, 0.15) is 22.3 Å². The second-order valence-electron chi connectivity index (χ2n) is 7.65. The third-order valence-electron chi connectivity index (χ3n) is 5.66. The minimum atomic E-state index is -0.305. The van der Waals surface area contributed by atoms with E-state index in [2.05, 4.69) is 15.2 Å². The standard InChI is InChI=1S/C23H21FN4O2S/c1-30-16-9-8-14-11-20(25-19(14)12-16)23(29)28-10-4-5-15(13-28)21-26-27-22(31-21)17-6-2-3-7-18(17)24/h2-3,6-9,11-12,15,25H,4-5,10,13H2,1H3. The Labute approximate surface area is 182 Å². The van der Waals surface area contributed by atoms with Gasteiger partial charge in [-0.3, -0.25) is 4.79 Å². The van der Waals surface area contributed by atoms with E-state index in [1.807, 2.05) is 29.2 Å². The minimum absolute atomic E-state index is 0.0290. The van der Waals surface area contributed by atoms with Crippen molar-refractivity contribution in [2.75, 3.05) is 20.2 Å². The van der Waals surface area contributed by atoms with E-state index in [0.717, 1.165) is 34.5 Å². The average molecular weight is 437 g/mol. The summed E-state index contributed by atoms with van der Waals surface area (Å²) in [5, 5.41) is 10.9. The fourth-order valence-corrected chi connectivity index (χ4v) is 5.02. The van der Waals surface area contributed by atoms with Crippen LogP contribution in [0.1, 0.15) is 34.3 Å². The number of aromatic nitrogens is 3. The van der Waals surface area contributed by atoms with E-state index in [-0.39, 0.29) is 17.6 Å².